The van der Waals surface area contributed by atoms with E-state index < -0.39 is 10.0 Å². The van der Waals surface area contributed by atoms with Crippen molar-refractivity contribution in [2.45, 2.75) is 37.6 Å². The first-order chi connectivity index (χ1) is 13.9. The zero-order valence-corrected chi connectivity index (χ0v) is 17.6. The number of ether oxygens (including phenoxy) is 1. The molecule has 0 spiro atoms. The van der Waals surface area contributed by atoms with E-state index in [-0.39, 0.29) is 22.8 Å². The van der Waals surface area contributed by atoms with E-state index in [9.17, 15) is 13.2 Å². The third kappa shape index (κ3) is 5.13. The maximum Gasteiger partial charge on any atom is 0.244 e. The van der Waals surface area contributed by atoms with E-state index >= 15 is 0 Å². The zero-order chi connectivity index (χ0) is 20.9. The quantitative estimate of drug-likeness (QED) is 0.748. The van der Waals surface area contributed by atoms with E-state index in [1.807, 2.05) is 38.1 Å². The van der Waals surface area contributed by atoms with Crippen LogP contribution in [0, 0.1) is 5.92 Å². The lowest BCUT2D eigenvalue weighted by molar-refractivity contribution is -0.126. The lowest BCUT2D eigenvalue weighted by atomic mass is 9.96. The van der Waals surface area contributed by atoms with Gasteiger partial charge in [-0.25, -0.2) is 8.42 Å². The average molecular weight is 418 g/mol. The first kappa shape index (κ1) is 21.3. The first-order valence-corrected chi connectivity index (χ1v) is 11.3. The summed E-state index contributed by atoms with van der Waals surface area (Å²) in [6.07, 6.45) is 3.89. The largest absolute Gasteiger partial charge is 0.494 e. The standard InChI is InChI=1S/C21H27N3O4S/c1-3-28-19-7-4-6-18(14-19)16(2)23-21(25)17-9-12-24(13-10-17)29(26,27)20-8-5-11-22-15-20/h4-8,11,14-17H,3,9-10,12-13H2,1-2H3,(H,23,25). The molecule has 1 atom stereocenters. The molecule has 1 aliphatic heterocycles. The second kappa shape index (κ2) is 9.37. The maximum absolute atomic E-state index is 12.7. The van der Waals surface area contributed by atoms with Crippen molar-refractivity contribution in [3.8, 4) is 5.75 Å². The van der Waals surface area contributed by atoms with Crippen LogP contribution in [0.1, 0.15) is 38.3 Å². The Kier molecular flexibility index (Phi) is 6.87. The predicted molar refractivity (Wildman–Crippen MR) is 110 cm³/mol. The molecule has 1 N–H and O–H groups in total. The smallest absolute Gasteiger partial charge is 0.244 e. The van der Waals surface area contributed by atoms with Gasteiger partial charge in [-0.2, -0.15) is 4.31 Å². The van der Waals surface area contributed by atoms with Gasteiger partial charge < -0.3 is 10.1 Å². The molecular weight excluding hydrogens is 390 g/mol. The van der Waals surface area contributed by atoms with E-state index in [0.29, 0.717) is 32.5 Å². The highest BCUT2D eigenvalue weighted by Gasteiger charge is 2.32. The molecule has 7 nitrogen and oxygen atoms in total. The summed E-state index contributed by atoms with van der Waals surface area (Å²) in [5.74, 6) is 0.533. The van der Waals surface area contributed by atoms with E-state index in [1.54, 1.807) is 18.3 Å². The molecule has 0 aliphatic carbocycles. The van der Waals surface area contributed by atoms with E-state index in [2.05, 4.69) is 10.3 Å². The summed E-state index contributed by atoms with van der Waals surface area (Å²) in [7, 11) is -3.56. The minimum atomic E-state index is -3.56. The van der Waals surface area contributed by atoms with Crippen LogP contribution in [0.25, 0.3) is 0 Å². The number of sulfonamides is 1. The molecule has 1 unspecified atom stereocenters. The Morgan fingerprint density at radius 1 is 1.28 bits per heavy atom. The van der Waals surface area contributed by atoms with E-state index in [1.165, 1.54) is 10.5 Å². The van der Waals surface area contributed by atoms with Crippen molar-refractivity contribution < 1.29 is 17.9 Å². The second-order valence-corrected chi connectivity index (χ2v) is 9.04. The second-order valence-electron chi connectivity index (χ2n) is 7.10. The van der Waals surface area contributed by atoms with Crippen molar-refractivity contribution in [3.63, 3.8) is 0 Å². The normalized spacial score (nSPS) is 16.9. The Morgan fingerprint density at radius 2 is 2.03 bits per heavy atom. The Hall–Kier alpha value is -2.45. The van der Waals surface area contributed by atoms with Gasteiger partial charge in [-0.15, -0.1) is 0 Å². The predicted octanol–water partition coefficient (Wildman–Crippen LogP) is 2.76. The lowest BCUT2D eigenvalue weighted by Gasteiger charge is -2.31. The van der Waals surface area contributed by atoms with Gasteiger partial charge in [-0.05, 0) is 56.5 Å². The minimum absolute atomic E-state index is 0.0438. The summed E-state index contributed by atoms with van der Waals surface area (Å²) in [6.45, 7) is 5.10. The number of nitrogens with one attached hydrogen (secondary N) is 1. The van der Waals surface area contributed by atoms with Gasteiger partial charge in [0.2, 0.25) is 15.9 Å². The number of benzene rings is 1. The van der Waals surface area contributed by atoms with Crippen LogP contribution in [0.3, 0.4) is 0 Å². The number of hydrogen-bond donors (Lipinski definition) is 1. The minimum Gasteiger partial charge on any atom is -0.494 e. The van der Waals surface area contributed by atoms with Crippen molar-refractivity contribution in [1.29, 1.82) is 0 Å². The van der Waals surface area contributed by atoms with Crippen LogP contribution in [0.5, 0.6) is 5.75 Å². The van der Waals surface area contributed by atoms with Crippen LogP contribution in [-0.4, -0.2) is 43.3 Å². The van der Waals surface area contributed by atoms with E-state index in [4.69, 9.17) is 4.74 Å². The van der Waals surface area contributed by atoms with Crippen molar-refractivity contribution in [1.82, 2.24) is 14.6 Å². The van der Waals surface area contributed by atoms with Gasteiger partial charge in [0.25, 0.3) is 0 Å². The highest BCUT2D eigenvalue weighted by molar-refractivity contribution is 7.89. The molecule has 1 aromatic heterocycles. The number of aromatic nitrogens is 1. The molecule has 0 saturated carbocycles. The average Bonchev–Trinajstić information content (AvgIpc) is 2.75. The van der Waals surface area contributed by atoms with Crippen molar-refractivity contribution in [2.75, 3.05) is 19.7 Å². The number of pyridine rings is 1. The molecular formula is C21H27N3O4S. The van der Waals surface area contributed by atoms with Crippen LogP contribution in [-0.2, 0) is 14.8 Å². The van der Waals surface area contributed by atoms with Gasteiger partial charge in [0.05, 0.1) is 12.6 Å². The van der Waals surface area contributed by atoms with Crippen molar-refractivity contribution >= 4 is 15.9 Å². The third-order valence-electron chi connectivity index (χ3n) is 5.12. The summed E-state index contributed by atoms with van der Waals surface area (Å²) in [5, 5.41) is 3.05. The Labute approximate surface area is 172 Å². The van der Waals surface area contributed by atoms with Crippen molar-refractivity contribution in [3.05, 3.63) is 54.4 Å². The molecule has 3 rings (SSSR count). The number of amides is 1. The molecule has 29 heavy (non-hydrogen) atoms. The zero-order valence-electron chi connectivity index (χ0n) is 16.7. The van der Waals surface area contributed by atoms with Crippen LogP contribution < -0.4 is 10.1 Å². The summed E-state index contributed by atoms with van der Waals surface area (Å²) in [5.41, 5.74) is 0.973. The van der Waals surface area contributed by atoms with Crippen LogP contribution in [0.15, 0.2) is 53.7 Å². The summed E-state index contributed by atoms with van der Waals surface area (Å²) >= 11 is 0. The maximum atomic E-state index is 12.7. The van der Waals surface area contributed by atoms with Crippen LogP contribution >= 0.6 is 0 Å². The van der Waals surface area contributed by atoms with Crippen LogP contribution in [0.2, 0.25) is 0 Å². The number of hydrogen-bond acceptors (Lipinski definition) is 5. The molecule has 1 amide bonds. The van der Waals surface area contributed by atoms with Gasteiger partial charge >= 0.3 is 0 Å². The molecule has 8 heteroatoms. The van der Waals surface area contributed by atoms with Crippen LogP contribution in [0.4, 0.5) is 0 Å². The molecule has 1 fully saturated rings. The molecule has 1 aliphatic rings. The Balaban J connectivity index is 1.57. The number of carbonyl (C=O) groups excluding carboxylic acids is 1. The highest BCUT2D eigenvalue weighted by atomic mass is 32.2. The molecule has 2 aromatic rings. The molecule has 0 radical (unpaired) electrons. The number of rotatable bonds is 7. The first-order valence-electron chi connectivity index (χ1n) is 9.85. The fourth-order valence-electron chi connectivity index (χ4n) is 3.46. The SMILES string of the molecule is CCOc1cccc(C(C)NC(=O)C2CCN(S(=O)(=O)c3cccnc3)CC2)c1. The van der Waals surface area contributed by atoms with Gasteiger partial charge in [0, 0.05) is 31.4 Å². The number of nitrogens with zero attached hydrogens (tertiary/aromatic N) is 2. The fourth-order valence-corrected chi connectivity index (χ4v) is 4.90. The third-order valence-corrected chi connectivity index (χ3v) is 7.01. The molecule has 1 saturated heterocycles. The fraction of sp³-hybridized carbons (Fsp3) is 0.429. The van der Waals surface area contributed by atoms with Gasteiger partial charge in [-0.3, -0.25) is 9.78 Å². The topological polar surface area (TPSA) is 88.6 Å². The highest BCUT2D eigenvalue weighted by Crippen LogP contribution is 2.25. The molecule has 156 valence electrons. The van der Waals surface area contributed by atoms with Gasteiger partial charge in [0.1, 0.15) is 10.6 Å². The Bertz CT molecular complexity index is 926. The van der Waals surface area contributed by atoms with E-state index in [0.717, 1.165) is 11.3 Å². The number of piperidine rings is 1. The van der Waals surface area contributed by atoms with Crippen molar-refractivity contribution in [2.24, 2.45) is 5.92 Å². The summed E-state index contributed by atoms with van der Waals surface area (Å²) < 4.78 is 32.3. The van der Waals surface area contributed by atoms with Gasteiger partial charge in [-0.1, -0.05) is 12.1 Å². The molecule has 2 heterocycles. The monoisotopic (exact) mass is 417 g/mol. The number of carbonyl (C=O) groups is 1. The summed E-state index contributed by atoms with van der Waals surface area (Å²) in [6, 6.07) is 10.7. The summed E-state index contributed by atoms with van der Waals surface area (Å²) in [4.78, 5) is 16.8. The Morgan fingerprint density at radius 3 is 2.69 bits per heavy atom. The lowest BCUT2D eigenvalue weighted by Crippen LogP contribution is -2.43. The molecule has 1 aromatic carbocycles. The van der Waals surface area contributed by atoms with Gasteiger partial charge in [0.15, 0.2) is 0 Å². The molecule has 0 bridgehead atoms.